The van der Waals surface area contributed by atoms with E-state index in [4.69, 9.17) is 0 Å². The zero-order valence-electron chi connectivity index (χ0n) is 9.97. The third-order valence-electron chi connectivity index (χ3n) is 2.32. The van der Waals surface area contributed by atoms with Gasteiger partial charge in [-0.15, -0.1) is 11.3 Å². The van der Waals surface area contributed by atoms with Gasteiger partial charge in [0.1, 0.15) is 9.88 Å². The van der Waals surface area contributed by atoms with Gasteiger partial charge in [-0.1, -0.05) is 0 Å². The highest BCUT2D eigenvalue weighted by molar-refractivity contribution is 7.17. The van der Waals surface area contributed by atoms with E-state index in [1.807, 2.05) is 19.1 Å². The molecule has 0 saturated heterocycles. The van der Waals surface area contributed by atoms with Gasteiger partial charge in [-0.3, -0.25) is 9.78 Å². The first-order valence-electron chi connectivity index (χ1n) is 5.19. The smallest absolute Gasteiger partial charge is 0.265 e. The minimum Gasteiger partial charge on any atom is -0.344 e. The molecule has 0 N–H and O–H groups in total. The van der Waals surface area contributed by atoms with Gasteiger partial charge in [-0.25, -0.2) is 4.98 Å². The molecule has 0 aliphatic rings. The van der Waals surface area contributed by atoms with Crippen LogP contribution in [0.15, 0.2) is 24.5 Å². The summed E-state index contributed by atoms with van der Waals surface area (Å²) in [5.74, 6) is 0.000283. The second-order valence-electron chi connectivity index (χ2n) is 3.87. The molecule has 0 aromatic carbocycles. The van der Waals surface area contributed by atoms with Crippen molar-refractivity contribution in [3.05, 3.63) is 35.1 Å². The number of carbonyl (C=O) groups is 1. The SMILES string of the molecule is Cc1nc(-c2ccncc2)sc1C(=O)N(C)C. The molecule has 2 rings (SSSR count). The molecule has 0 atom stereocenters. The summed E-state index contributed by atoms with van der Waals surface area (Å²) in [5, 5.41) is 0.857. The number of aryl methyl sites for hydroxylation is 1. The number of pyridine rings is 1. The summed E-state index contributed by atoms with van der Waals surface area (Å²) in [6.45, 7) is 1.86. The van der Waals surface area contributed by atoms with Crippen molar-refractivity contribution in [3.8, 4) is 10.6 Å². The van der Waals surface area contributed by atoms with E-state index in [0.717, 1.165) is 16.3 Å². The van der Waals surface area contributed by atoms with Crippen molar-refractivity contribution in [1.82, 2.24) is 14.9 Å². The lowest BCUT2D eigenvalue weighted by Gasteiger charge is -2.07. The van der Waals surface area contributed by atoms with Crippen LogP contribution in [0.25, 0.3) is 10.6 Å². The van der Waals surface area contributed by atoms with Crippen LogP contribution >= 0.6 is 11.3 Å². The van der Waals surface area contributed by atoms with Crippen molar-refractivity contribution >= 4 is 17.2 Å². The summed E-state index contributed by atoms with van der Waals surface area (Å²) in [7, 11) is 3.49. The highest BCUT2D eigenvalue weighted by Crippen LogP contribution is 2.27. The van der Waals surface area contributed by atoms with Crippen LogP contribution in [-0.2, 0) is 0 Å². The predicted octanol–water partition coefficient (Wildman–Crippen LogP) is 2.22. The van der Waals surface area contributed by atoms with Gasteiger partial charge in [-0.05, 0) is 19.1 Å². The fraction of sp³-hybridized carbons (Fsp3) is 0.250. The Morgan fingerprint density at radius 2 is 1.94 bits per heavy atom. The molecule has 0 aliphatic heterocycles. The molecule has 17 heavy (non-hydrogen) atoms. The molecule has 2 aromatic heterocycles. The van der Waals surface area contributed by atoms with Crippen molar-refractivity contribution in [2.45, 2.75) is 6.92 Å². The third-order valence-corrected chi connectivity index (χ3v) is 3.52. The van der Waals surface area contributed by atoms with Crippen molar-refractivity contribution in [1.29, 1.82) is 0 Å². The summed E-state index contributed by atoms with van der Waals surface area (Å²) in [4.78, 5) is 22.5. The van der Waals surface area contributed by atoms with Gasteiger partial charge in [-0.2, -0.15) is 0 Å². The quantitative estimate of drug-likeness (QED) is 0.817. The van der Waals surface area contributed by atoms with Crippen LogP contribution in [-0.4, -0.2) is 34.9 Å². The number of carbonyl (C=O) groups excluding carboxylic acids is 1. The second kappa shape index (κ2) is 4.63. The van der Waals surface area contributed by atoms with E-state index in [1.165, 1.54) is 11.3 Å². The van der Waals surface area contributed by atoms with Gasteiger partial charge < -0.3 is 4.90 Å². The van der Waals surface area contributed by atoms with Gasteiger partial charge in [0, 0.05) is 32.1 Å². The Morgan fingerprint density at radius 3 is 2.53 bits per heavy atom. The molecule has 0 saturated carbocycles. The Bertz CT molecular complexity index is 534. The largest absolute Gasteiger partial charge is 0.344 e. The number of nitrogens with zero attached hydrogens (tertiary/aromatic N) is 3. The van der Waals surface area contributed by atoms with E-state index in [1.54, 1.807) is 31.4 Å². The average molecular weight is 247 g/mol. The van der Waals surface area contributed by atoms with Crippen LogP contribution < -0.4 is 0 Å². The van der Waals surface area contributed by atoms with Crippen LogP contribution in [0.5, 0.6) is 0 Å². The monoisotopic (exact) mass is 247 g/mol. The zero-order chi connectivity index (χ0) is 12.4. The highest BCUT2D eigenvalue weighted by Gasteiger charge is 2.17. The molecule has 88 valence electrons. The van der Waals surface area contributed by atoms with E-state index < -0.39 is 0 Å². The normalized spacial score (nSPS) is 10.3. The summed E-state index contributed by atoms with van der Waals surface area (Å²) in [5.41, 5.74) is 1.77. The Kier molecular flexibility index (Phi) is 3.19. The minimum absolute atomic E-state index is 0.000283. The van der Waals surface area contributed by atoms with Crippen LogP contribution in [0.1, 0.15) is 15.4 Å². The van der Waals surface area contributed by atoms with Crippen molar-refractivity contribution in [3.63, 3.8) is 0 Å². The average Bonchev–Trinajstić information content (AvgIpc) is 2.71. The van der Waals surface area contributed by atoms with Crippen LogP contribution in [0.2, 0.25) is 0 Å². The summed E-state index contributed by atoms with van der Waals surface area (Å²) < 4.78 is 0. The number of hydrogen-bond donors (Lipinski definition) is 0. The van der Waals surface area contributed by atoms with Gasteiger partial charge >= 0.3 is 0 Å². The number of rotatable bonds is 2. The van der Waals surface area contributed by atoms with E-state index in [0.29, 0.717) is 4.88 Å². The topological polar surface area (TPSA) is 46.1 Å². The molecule has 4 nitrogen and oxygen atoms in total. The fourth-order valence-electron chi connectivity index (χ4n) is 1.42. The number of thiazole rings is 1. The molecule has 0 radical (unpaired) electrons. The molecular weight excluding hydrogens is 234 g/mol. The van der Waals surface area contributed by atoms with Crippen molar-refractivity contribution in [2.75, 3.05) is 14.1 Å². The van der Waals surface area contributed by atoms with Gasteiger partial charge in [0.2, 0.25) is 0 Å². The first kappa shape index (κ1) is 11.7. The molecule has 2 aromatic rings. The fourth-order valence-corrected chi connectivity index (χ4v) is 2.51. The Labute approximate surface area is 104 Å². The van der Waals surface area contributed by atoms with E-state index in [9.17, 15) is 4.79 Å². The minimum atomic E-state index is 0.000283. The molecule has 0 bridgehead atoms. The van der Waals surface area contributed by atoms with Gasteiger partial charge in [0.15, 0.2) is 0 Å². The summed E-state index contributed by atoms with van der Waals surface area (Å²) >= 11 is 1.42. The zero-order valence-corrected chi connectivity index (χ0v) is 10.8. The Morgan fingerprint density at radius 1 is 1.29 bits per heavy atom. The van der Waals surface area contributed by atoms with Crippen LogP contribution in [0.4, 0.5) is 0 Å². The van der Waals surface area contributed by atoms with Crippen molar-refractivity contribution < 1.29 is 4.79 Å². The van der Waals surface area contributed by atoms with Crippen LogP contribution in [0, 0.1) is 6.92 Å². The number of aromatic nitrogens is 2. The molecular formula is C12H13N3OS. The Hall–Kier alpha value is -1.75. The van der Waals surface area contributed by atoms with E-state index in [2.05, 4.69) is 9.97 Å². The maximum absolute atomic E-state index is 11.9. The standard InChI is InChI=1S/C12H13N3OS/c1-8-10(12(16)15(2)3)17-11(14-8)9-4-6-13-7-5-9/h4-7H,1-3H3. The number of hydrogen-bond acceptors (Lipinski definition) is 4. The lowest BCUT2D eigenvalue weighted by atomic mass is 10.3. The summed E-state index contributed by atoms with van der Waals surface area (Å²) in [6, 6.07) is 3.78. The lowest BCUT2D eigenvalue weighted by molar-refractivity contribution is 0.0831. The lowest BCUT2D eigenvalue weighted by Crippen LogP contribution is -2.21. The molecule has 0 spiro atoms. The Balaban J connectivity index is 2.41. The molecule has 0 unspecified atom stereocenters. The van der Waals surface area contributed by atoms with Gasteiger partial charge in [0.05, 0.1) is 5.69 Å². The molecule has 0 aliphatic carbocycles. The molecule has 1 amide bonds. The maximum atomic E-state index is 11.9. The second-order valence-corrected chi connectivity index (χ2v) is 4.87. The van der Waals surface area contributed by atoms with E-state index >= 15 is 0 Å². The highest BCUT2D eigenvalue weighted by atomic mass is 32.1. The van der Waals surface area contributed by atoms with Crippen molar-refractivity contribution in [2.24, 2.45) is 0 Å². The van der Waals surface area contributed by atoms with E-state index in [-0.39, 0.29) is 5.91 Å². The van der Waals surface area contributed by atoms with Crippen LogP contribution in [0.3, 0.4) is 0 Å². The first-order chi connectivity index (χ1) is 8.09. The maximum Gasteiger partial charge on any atom is 0.265 e. The van der Waals surface area contributed by atoms with Gasteiger partial charge in [0.25, 0.3) is 5.91 Å². The third kappa shape index (κ3) is 2.34. The summed E-state index contributed by atoms with van der Waals surface area (Å²) in [6.07, 6.45) is 3.44. The first-order valence-corrected chi connectivity index (χ1v) is 6.00. The molecule has 5 heteroatoms. The predicted molar refractivity (Wildman–Crippen MR) is 68.1 cm³/mol. The number of amides is 1. The molecule has 0 fully saturated rings. The molecule has 2 heterocycles.